The molecule has 1 saturated carbocycles. The van der Waals surface area contributed by atoms with Crippen molar-refractivity contribution in [2.24, 2.45) is 5.92 Å². The van der Waals surface area contributed by atoms with E-state index in [1.54, 1.807) is 0 Å². The van der Waals surface area contributed by atoms with Crippen molar-refractivity contribution in [2.45, 2.75) is 31.8 Å². The SMILES string of the molecule is COC1CCCCC1CN(C)C. The highest BCUT2D eigenvalue weighted by Crippen LogP contribution is 2.26. The first-order valence-corrected chi connectivity index (χ1v) is 4.91. The fourth-order valence-corrected chi connectivity index (χ4v) is 2.16. The molecule has 0 bridgehead atoms. The molecule has 72 valence electrons. The molecule has 0 amide bonds. The van der Waals surface area contributed by atoms with Gasteiger partial charge in [-0.25, -0.2) is 0 Å². The molecule has 2 heteroatoms. The topological polar surface area (TPSA) is 12.5 Å². The fraction of sp³-hybridized carbons (Fsp3) is 1.00. The van der Waals surface area contributed by atoms with E-state index in [0.29, 0.717) is 6.10 Å². The van der Waals surface area contributed by atoms with Gasteiger partial charge in [0.15, 0.2) is 0 Å². The van der Waals surface area contributed by atoms with Gasteiger partial charge in [0.1, 0.15) is 0 Å². The average Bonchev–Trinajstić information content (AvgIpc) is 2.04. The van der Waals surface area contributed by atoms with Crippen LogP contribution in [0.25, 0.3) is 0 Å². The Morgan fingerprint density at radius 3 is 2.50 bits per heavy atom. The van der Waals surface area contributed by atoms with Crippen molar-refractivity contribution in [2.75, 3.05) is 27.7 Å². The average molecular weight is 171 g/mol. The molecule has 0 radical (unpaired) electrons. The molecule has 1 fully saturated rings. The zero-order valence-corrected chi connectivity index (χ0v) is 8.55. The van der Waals surface area contributed by atoms with E-state index in [2.05, 4.69) is 19.0 Å². The predicted molar refractivity (Wildman–Crippen MR) is 51.3 cm³/mol. The lowest BCUT2D eigenvalue weighted by Crippen LogP contribution is -2.34. The van der Waals surface area contributed by atoms with Crippen molar-refractivity contribution in [3.63, 3.8) is 0 Å². The van der Waals surface area contributed by atoms with Crippen LogP contribution in [0.3, 0.4) is 0 Å². The van der Waals surface area contributed by atoms with Crippen molar-refractivity contribution in [1.82, 2.24) is 4.90 Å². The molecule has 2 atom stereocenters. The molecule has 2 unspecified atom stereocenters. The van der Waals surface area contributed by atoms with Gasteiger partial charge in [-0.1, -0.05) is 12.8 Å². The Hall–Kier alpha value is -0.0800. The number of hydrogen-bond acceptors (Lipinski definition) is 2. The molecule has 0 aromatic heterocycles. The highest BCUT2D eigenvalue weighted by Gasteiger charge is 2.24. The monoisotopic (exact) mass is 171 g/mol. The molecule has 0 spiro atoms. The Morgan fingerprint density at radius 1 is 1.25 bits per heavy atom. The Kier molecular flexibility index (Phi) is 4.02. The molecule has 0 aromatic carbocycles. The first-order valence-electron chi connectivity index (χ1n) is 4.91. The smallest absolute Gasteiger partial charge is 0.0611 e. The molecular weight excluding hydrogens is 150 g/mol. The summed E-state index contributed by atoms with van der Waals surface area (Å²) < 4.78 is 5.48. The first kappa shape index (κ1) is 10.0. The van der Waals surface area contributed by atoms with Gasteiger partial charge in [-0.05, 0) is 32.9 Å². The van der Waals surface area contributed by atoms with Crippen molar-refractivity contribution in [1.29, 1.82) is 0 Å². The Morgan fingerprint density at radius 2 is 1.92 bits per heavy atom. The van der Waals surface area contributed by atoms with Gasteiger partial charge in [-0.3, -0.25) is 0 Å². The quantitative estimate of drug-likeness (QED) is 0.641. The second-order valence-electron chi connectivity index (χ2n) is 4.08. The summed E-state index contributed by atoms with van der Waals surface area (Å²) in [5, 5.41) is 0. The summed E-state index contributed by atoms with van der Waals surface area (Å²) in [5.74, 6) is 0.763. The van der Waals surface area contributed by atoms with Gasteiger partial charge in [-0.15, -0.1) is 0 Å². The van der Waals surface area contributed by atoms with E-state index >= 15 is 0 Å². The van der Waals surface area contributed by atoms with E-state index in [1.807, 2.05) is 7.11 Å². The maximum Gasteiger partial charge on any atom is 0.0611 e. The Balaban J connectivity index is 2.36. The molecule has 12 heavy (non-hydrogen) atoms. The number of ether oxygens (including phenoxy) is 1. The minimum atomic E-state index is 0.515. The summed E-state index contributed by atoms with van der Waals surface area (Å²) in [7, 11) is 6.13. The van der Waals surface area contributed by atoms with Gasteiger partial charge >= 0.3 is 0 Å². The van der Waals surface area contributed by atoms with Gasteiger partial charge in [0, 0.05) is 13.7 Å². The van der Waals surface area contributed by atoms with Gasteiger partial charge in [-0.2, -0.15) is 0 Å². The highest BCUT2D eigenvalue weighted by molar-refractivity contribution is 4.77. The van der Waals surface area contributed by atoms with Crippen molar-refractivity contribution in [3.8, 4) is 0 Å². The van der Waals surface area contributed by atoms with Crippen LogP contribution in [-0.4, -0.2) is 38.8 Å². The predicted octanol–water partition coefficient (Wildman–Crippen LogP) is 1.75. The second-order valence-corrected chi connectivity index (χ2v) is 4.08. The van der Waals surface area contributed by atoms with Crippen LogP contribution in [0.4, 0.5) is 0 Å². The van der Waals surface area contributed by atoms with Crippen molar-refractivity contribution in [3.05, 3.63) is 0 Å². The van der Waals surface area contributed by atoms with E-state index in [-0.39, 0.29) is 0 Å². The summed E-state index contributed by atoms with van der Waals surface area (Å²) in [6.07, 6.45) is 5.85. The summed E-state index contributed by atoms with van der Waals surface area (Å²) in [6.45, 7) is 1.18. The van der Waals surface area contributed by atoms with E-state index in [0.717, 1.165) is 5.92 Å². The molecule has 0 heterocycles. The lowest BCUT2D eigenvalue weighted by Gasteiger charge is -2.32. The van der Waals surface area contributed by atoms with E-state index in [9.17, 15) is 0 Å². The molecule has 1 aliphatic rings. The zero-order chi connectivity index (χ0) is 8.97. The standard InChI is InChI=1S/C10H21NO/c1-11(2)8-9-6-4-5-7-10(9)12-3/h9-10H,4-8H2,1-3H3. The molecular formula is C10H21NO. The third kappa shape index (κ3) is 2.76. The van der Waals surface area contributed by atoms with Crippen LogP contribution in [0.2, 0.25) is 0 Å². The van der Waals surface area contributed by atoms with Crippen LogP contribution in [0.15, 0.2) is 0 Å². The fourth-order valence-electron chi connectivity index (χ4n) is 2.16. The minimum Gasteiger partial charge on any atom is -0.381 e. The molecule has 1 aliphatic carbocycles. The molecule has 2 nitrogen and oxygen atoms in total. The number of rotatable bonds is 3. The second kappa shape index (κ2) is 4.83. The summed E-state index contributed by atoms with van der Waals surface area (Å²) in [5.41, 5.74) is 0. The van der Waals surface area contributed by atoms with Gasteiger partial charge in [0.05, 0.1) is 6.10 Å². The lowest BCUT2D eigenvalue weighted by atomic mass is 9.86. The van der Waals surface area contributed by atoms with Crippen LogP contribution in [0.1, 0.15) is 25.7 Å². The lowest BCUT2D eigenvalue weighted by molar-refractivity contribution is 0.0142. The molecule has 0 N–H and O–H groups in total. The normalized spacial score (nSPS) is 31.0. The zero-order valence-electron chi connectivity index (χ0n) is 8.55. The van der Waals surface area contributed by atoms with Crippen molar-refractivity contribution >= 4 is 0 Å². The van der Waals surface area contributed by atoms with Crippen molar-refractivity contribution < 1.29 is 4.74 Å². The van der Waals surface area contributed by atoms with Crippen LogP contribution in [-0.2, 0) is 4.74 Å². The Bertz CT molecular complexity index is 125. The van der Waals surface area contributed by atoms with Crippen LogP contribution in [0.5, 0.6) is 0 Å². The number of methoxy groups -OCH3 is 1. The highest BCUT2D eigenvalue weighted by atomic mass is 16.5. The van der Waals surface area contributed by atoms with Crippen LogP contribution in [0, 0.1) is 5.92 Å². The third-order valence-electron chi connectivity index (χ3n) is 2.74. The van der Waals surface area contributed by atoms with Gasteiger partial charge in [0.25, 0.3) is 0 Å². The van der Waals surface area contributed by atoms with E-state index < -0.39 is 0 Å². The maximum atomic E-state index is 5.48. The summed E-state index contributed by atoms with van der Waals surface area (Å²) in [4.78, 5) is 2.27. The van der Waals surface area contributed by atoms with E-state index in [1.165, 1.54) is 32.2 Å². The molecule has 0 saturated heterocycles. The van der Waals surface area contributed by atoms with E-state index in [4.69, 9.17) is 4.74 Å². The molecule has 0 aromatic rings. The maximum absolute atomic E-state index is 5.48. The largest absolute Gasteiger partial charge is 0.381 e. The number of hydrogen-bond donors (Lipinski definition) is 0. The van der Waals surface area contributed by atoms with Gasteiger partial charge < -0.3 is 9.64 Å². The van der Waals surface area contributed by atoms with Crippen LogP contribution < -0.4 is 0 Å². The Labute approximate surface area is 75.9 Å². The minimum absolute atomic E-state index is 0.515. The molecule has 0 aliphatic heterocycles. The van der Waals surface area contributed by atoms with Crippen LogP contribution >= 0.6 is 0 Å². The van der Waals surface area contributed by atoms with Gasteiger partial charge in [0.2, 0.25) is 0 Å². The first-order chi connectivity index (χ1) is 5.74. The summed E-state index contributed by atoms with van der Waals surface area (Å²) in [6, 6.07) is 0. The third-order valence-corrected chi connectivity index (χ3v) is 2.74. The summed E-state index contributed by atoms with van der Waals surface area (Å²) >= 11 is 0. The number of nitrogens with zero attached hydrogens (tertiary/aromatic N) is 1. The molecule has 1 rings (SSSR count).